The van der Waals surface area contributed by atoms with E-state index in [1.54, 1.807) is 7.11 Å². The molecular weight excluding hydrogens is 304 g/mol. The number of aryl methyl sites for hydroxylation is 2. The minimum Gasteiger partial charge on any atom is -0.496 e. The predicted octanol–water partition coefficient (Wildman–Crippen LogP) is 1.73. The first-order valence-corrected chi connectivity index (χ1v) is 8.92. The first-order valence-electron chi connectivity index (χ1n) is 8.92. The quantitative estimate of drug-likeness (QED) is 0.828. The molecule has 0 N–H and O–H groups in total. The molecule has 1 amide bonds. The van der Waals surface area contributed by atoms with Gasteiger partial charge in [-0.2, -0.15) is 0 Å². The zero-order valence-electron chi connectivity index (χ0n) is 14.6. The Kier molecular flexibility index (Phi) is 4.01. The third kappa shape index (κ3) is 2.70. The van der Waals surface area contributed by atoms with E-state index in [0.29, 0.717) is 31.0 Å². The van der Waals surface area contributed by atoms with Crippen LogP contribution in [0.15, 0.2) is 12.1 Å². The maximum absolute atomic E-state index is 13.2. The Morgan fingerprint density at radius 3 is 2.71 bits per heavy atom. The Bertz CT molecular complexity index is 656. The molecule has 130 valence electrons. The van der Waals surface area contributed by atoms with Gasteiger partial charge in [0, 0.05) is 19.6 Å². The van der Waals surface area contributed by atoms with Crippen LogP contribution in [0.1, 0.15) is 34.3 Å². The number of amides is 1. The van der Waals surface area contributed by atoms with Crippen LogP contribution in [0.3, 0.4) is 0 Å². The van der Waals surface area contributed by atoms with Gasteiger partial charge in [0.15, 0.2) is 0 Å². The average Bonchev–Trinajstić information content (AvgIpc) is 3.19. The van der Waals surface area contributed by atoms with Gasteiger partial charge in [-0.25, -0.2) is 0 Å². The number of morpholine rings is 1. The van der Waals surface area contributed by atoms with E-state index < -0.39 is 0 Å². The number of nitrogens with zero attached hydrogens (tertiary/aromatic N) is 2. The standard InChI is InChI=1S/C19H26N2O3/c1-20-7-6-19(12-20)13-21(8-9-24-19)18(22)16-10-14-4-3-5-15(14)11-17(16)23-2/h10-11H,3-9,12-13H2,1-2H3. The number of carbonyl (C=O) groups excluding carboxylic acids is 1. The van der Waals surface area contributed by atoms with Crippen molar-refractivity contribution in [3.8, 4) is 5.75 Å². The maximum atomic E-state index is 13.2. The Balaban J connectivity index is 1.59. The van der Waals surface area contributed by atoms with Crippen molar-refractivity contribution in [3.63, 3.8) is 0 Å². The van der Waals surface area contributed by atoms with Gasteiger partial charge in [0.25, 0.3) is 5.91 Å². The van der Waals surface area contributed by atoms with Gasteiger partial charge >= 0.3 is 0 Å². The molecule has 4 rings (SSSR count). The lowest BCUT2D eigenvalue weighted by Crippen LogP contribution is -2.54. The van der Waals surface area contributed by atoms with Crippen LogP contribution in [-0.2, 0) is 17.6 Å². The summed E-state index contributed by atoms with van der Waals surface area (Å²) in [7, 11) is 3.77. The highest BCUT2D eigenvalue weighted by atomic mass is 16.5. The fourth-order valence-corrected chi connectivity index (χ4v) is 4.42. The van der Waals surface area contributed by atoms with Crippen molar-refractivity contribution >= 4 is 5.91 Å². The minimum absolute atomic E-state index is 0.0822. The number of likely N-dealkylation sites (tertiary alicyclic amines) is 1. The van der Waals surface area contributed by atoms with Gasteiger partial charge in [0.1, 0.15) is 5.75 Å². The van der Waals surface area contributed by atoms with Crippen molar-refractivity contribution in [2.24, 2.45) is 0 Å². The summed E-state index contributed by atoms with van der Waals surface area (Å²) in [5.41, 5.74) is 3.16. The second-order valence-electron chi connectivity index (χ2n) is 7.42. The minimum atomic E-state index is -0.188. The summed E-state index contributed by atoms with van der Waals surface area (Å²) in [5, 5.41) is 0. The molecule has 5 nitrogen and oxygen atoms in total. The molecule has 2 saturated heterocycles. The molecular formula is C19H26N2O3. The molecule has 2 fully saturated rings. The first-order chi connectivity index (χ1) is 11.6. The lowest BCUT2D eigenvalue weighted by atomic mass is 9.99. The van der Waals surface area contributed by atoms with Crippen molar-refractivity contribution in [3.05, 3.63) is 28.8 Å². The van der Waals surface area contributed by atoms with Crippen molar-refractivity contribution in [2.75, 3.05) is 46.9 Å². The summed E-state index contributed by atoms with van der Waals surface area (Å²) in [4.78, 5) is 17.4. The zero-order valence-corrected chi connectivity index (χ0v) is 14.6. The number of ether oxygens (including phenoxy) is 2. The van der Waals surface area contributed by atoms with E-state index in [1.165, 1.54) is 17.5 Å². The topological polar surface area (TPSA) is 42.0 Å². The lowest BCUT2D eigenvalue weighted by Gasteiger charge is -2.40. The van der Waals surface area contributed by atoms with Gasteiger partial charge in [-0.3, -0.25) is 4.79 Å². The molecule has 1 aromatic carbocycles. The van der Waals surface area contributed by atoms with E-state index in [-0.39, 0.29) is 11.5 Å². The fourth-order valence-electron chi connectivity index (χ4n) is 4.42. The number of benzene rings is 1. The molecule has 5 heteroatoms. The average molecular weight is 330 g/mol. The monoisotopic (exact) mass is 330 g/mol. The van der Waals surface area contributed by atoms with Crippen molar-refractivity contribution in [1.82, 2.24) is 9.80 Å². The van der Waals surface area contributed by atoms with Crippen LogP contribution in [0, 0.1) is 0 Å². The van der Waals surface area contributed by atoms with Crippen molar-refractivity contribution < 1.29 is 14.3 Å². The summed E-state index contributed by atoms with van der Waals surface area (Å²) in [6.45, 7) is 3.89. The predicted molar refractivity (Wildman–Crippen MR) is 91.7 cm³/mol. The highest BCUT2D eigenvalue weighted by molar-refractivity contribution is 5.97. The number of hydrogen-bond acceptors (Lipinski definition) is 4. The number of fused-ring (bicyclic) bond motifs is 1. The van der Waals surface area contributed by atoms with Gasteiger partial charge in [0.2, 0.25) is 0 Å². The molecule has 2 aliphatic heterocycles. The molecule has 24 heavy (non-hydrogen) atoms. The largest absolute Gasteiger partial charge is 0.496 e. The molecule has 1 atom stereocenters. The highest BCUT2D eigenvalue weighted by Gasteiger charge is 2.43. The van der Waals surface area contributed by atoms with Crippen molar-refractivity contribution in [2.45, 2.75) is 31.3 Å². The van der Waals surface area contributed by atoms with E-state index >= 15 is 0 Å². The molecule has 1 aliphatic carbocycles. The van der Waals surface area contributed by atoms with Crippen LogP contribution in [0.5, 0.6) is 5.75 Å². The first kappa shape index (κ1) is 15.9. The van der Waals surface area contributed by atoms with Crippen LogP contribution < -0.4 is 4.74 Å². The van der Waals surface area contributed by atoms with E-state index in [1.807, 2.05) is 4.90 Å². The van der Waals surface area contributed by atoms with Crippen LogP contribution in [0.25, 0.3) is 0 Å². The molecule has 2 heterocycles. The SMILES string of the molecule is COc1cc2c(cc1C(=O)N1CCOC3(CCN(C)C3)C1)CCC2. The number of hydrogen-bond donors (Lipinski definition) is 0. The third-order valence-corrected chi connectivity index (χ3v) is 5.69. The van der Waals surface area contributed by atoms with Crippen LogP contribution in [0.4, 0.5) is 0 Å². The van der Waals surface area contributed by atoms with Crippen LogP contribution >= 0.6 is 0 Å². The second-order valence-corrected chi connectivity index (χ2v) is 7.42. The molecule has 0 aromatic heterocycles. The van der Waals surface area contributed by atoms with Crippen LogP contribution in [-0.4, -0.2) is 68.3 Å². The molecule has 1 aromatic rings. The second kappa shape index (κ2) is 6.05. The van der Waals surface area contributed by atoms with E-state index in [0.717, 1.165) is 32.4 Å². The van der Waals surface area contributed by atoms with Gasteiger partial charge in [-0.15, -0.1) is 0 Å². The number of methoxy groups -OCH3 is 1. The Hall–Kier alpha value is -1.59. The van der Waals surface area contributed by atoms with Gasteiger partial charge < -0.3 is 19.3 Å². The Labute approximate surface area is 143 Å². The normalized spacial score (nSPS) is 26.8. The maximum Gasteiger partial charge on any atom is 0.257 e. The summed E-state index contributed by atoms with van der Waals surface area (Å²) in [6, 6.07) is 4.13. The number of carbonyl (C=O) groups is 1. The zero-order chi connectivity index (χ0) is 16.7. The third-order valence-electron chi connectivity index (χ3n) is 5.69. The Morgan fingerprint density at radius 1 is 1.21 bits per heavy atom. The summed E-state index contributed by atoms with van der Waals surface area (Å²) < 4.78 is 11.6. The molecule has 1 spiro atoms. The molecule has 0 bridgehead atoms. The van der Waals surface area contributed by atoms with E-state index in [2.05, 4.69) is 24.1 Å². The highest BCUT2D eigenvalue weighted by Crippen LogP contribution is 2.33. The summed E-state index contributed by atoms with van der Waals surface area (Å²) in [5.74, 6) is 0.795. The Morgan fingerprint density at radius 2 is 2.00 bits per heavy atom. The van der Waals surface area contributed by atoms with E-state index in [4.69, 9.17) is 9.47 Å². The summed E-state index contributed by atoms with van der Waals surface area (Å²) in [6.07, 6.45) is 4.32. The van der Waals surface area contributed by atoms with E-state index in [9.17, 15) is 4.79 Å². The van der Waals surface area contributed by atoms with Crippen molar-refractivity contribution in [1.29, 1.82) is 0 Å². The molecule has 0 radical (unpaired) electrons. The smallest absolute Gasteiger partial charge is 0.257 e. The van der Waals surface area contributed by atoms with Crippen LogP contribution in [0.2, 0.25) is 0 Å². The molecule has 1 unspecified atom stereocenters. The van der Waals surface area contributed by atoms with Gasteiger partial charge in [-0.05, 0) is 56.0 Å². The summed E-state index contributed by atoms with van der Waals surface area (Å²) >= 11 is 0. The number of rotatable bonds is 2. The van der Waals surface area contributed by atoms with Gasteiger partial charge in [-0.1, -0.05) is 0 Å². The van der Waals surface area contributed by atoms with Gasteiger partial charge in [0.05, 0.1) is 31.4 Å². The lowest BCUT2D eigenvalue weighted by molar-refractivity contribution is -0.0908. The molecule has 0 saturated carbocycles. The molecule has 3 aliphatic rings. The number of likely N-dealkylation sites (N-methyl/N-ethyl adjacent to an activating group) is 1. The fraction of sp³-hybridized carbons (Fsp3) is 0.632.